The molecule has 152 valence electrons. The summed E-state index contributed by atoms with van der Waals surface area (Å²) in [7, 11) is 2.04. The average Bonchev–Trinajstić information content (AvgIpc) is 2.75. The first-order valence-electron chi connectivity index (χ1n) is 9.85. The Kier molecular flexibility index (Phi) is 7.03. The van der Waals surface area contributed by atoms with E-state index < -0.39 is 0 Å². The molecule has 0 bridgehead atoms. The van der Waals surface area contributed by atoms with Gasteiger partial charge in [0, 0.05) is 31.7 Å². The van der Waals surface area contributed by atoms with Crippen LogP contribution >= 0.6 is 0 Å². The number of carbonyl (C=O) groups is 2. The number of hydrogen-bond acceptors (Lipinski definition) is 4. The number of ether oxygens (including phenoxy) is 1. The van der Waals surface area contributed by atoms with Crippen LogP contribution in [0.15, 0.2) is 60.3 Å². The van der Waals surface area contributed by atoms with Gasteiger partial charge in [-0.25, -0.2) is 0 Å². The van der Waals surface area contributed by atoms with Crippen molar-refractivity contribution in [3.63, 3.8) is 0 Å². The zero-order chi connectivity index (χ0) is 20.6. The summed E-state index contributed by atoms with van der Waals surface area (Å²) in [6.45, 7) is 5.42. The summed E-state index contributed by atoms with van der Waals surface area (Å²) in [5.41, 5.74) is 1.60. The van der Waals surface area contributed by atoms with Crippen LogP contribution in [0.5, 0.6) is 5.75 Å². The molecule has 0 aromatic heterocycles. The summed E-state index contributed by atoms with van der Waals surface area (Å²) >= 11 is 0. The van der Waals surface area contributed by atoms with E-state index in [0.717, 1.165) is 24.4 Å². The number of rotatable bonds is 6. The average molecular weight is 393 g/mol. The van der Waals surface area contributed by atoms with E-state index in [2.05, 4.69) is 10.2 Å². The lowest BCUT2D eigenvalue weighted by molar-refractivity contribution is -0.128. The number of hydrogen-bond donors (Lipinski definition) is 1. The lowest BCUT2D eigenvalue weighted by Crippen LogP contribution is -2.49. The highest BCUT2D eigenvalue weighted by Gasteiger charge is 2.23. The van der Waals surface area contributed by atoms with Gasteiger partial charge in [0.2, 0.25) is 0 Å². The molecule has 2 amide bonds. The Morgan fingerprint density at radius 3 is 2.28 bits per heavy atom. The molecule has 3 rings (SSSR count). The van der Waals surface area contributed by atoms with Gasteiger partial charge in [-0.2, -0.15) is 0 Å². The largest absolute Gasteiger partial charge is 0.494 e. The van der Waals surface area contributed by atoms with E-state index in [-0.39, 0.29) is 17.5 Å². The number of amides is 2. The number of piperazine rings is 1. The third-order valence-electron chi connectivity index (χ3n) is 4.81. The normalized spacial score (nSPS) is 15.1. The Labute approximate surface area is 171 Å². The minimum atomic E-state index is -0.301. The molecule has 1 heterocycles. The predicted molar refractivity (Wildman–Crippen MR) is 114 cm³/mol. The van der Waals surface area contributed by atoms with Gasteiger partial charge in [0.1, 0.15) is 11.4 Å². The van der Waals surface area contributed by atoms with Gasteiger partial charge >= 0.3 is 0 Å². The van der Waals surface area contributed by atoms with Crippen molar-refractivity contribution >= 4 is 17.9 Å². The Morgan fingerprint density at radius 1 is 1.00 bits per heavy atom. The van der Waals surface area contributed by atoms with E-state index >= 15 is 0 Å². The third-order valence-corrected chi connectivity index (χ3v) is 4.81. The summed E-state index contributed by atoms with van der Waals surface area (Å²) in [5, 5.41) is 2.82. The van der Waals surface area contributed by atoms with Crippen molar-refractivity contribution in [2.24, 2.45) is 0 Å². The van der Waals surface area contributed by atoms with Gasteiger partial charge < -0.3 is 19.9 Å². The molecule has 1 aliphatic rings. The molecule has 0 atom stereocenters. The molecule has 0 radical (unpaired) electrons. The van der Waals surface area contributed by atoms with Crippen molar-refractivity contribution in [2.75, 3.05) is 39.8 Å². The second-order valence-electron chi connectivity index (χ2n) is 6.98. The van der Waals surface area contributed by atoms with Crippen molar-refractivity contribution in [2.45, 2.75) is 6.92 Å². The van der Waals surface area contributed by atoms with E-state index in [1.807, 2.05) is 44.3 Å². The fourth-order valence-corrected chi connectivity index (χ4v) is 3.11. The number of nitrogens with zero attached hydrogens (tertiary/aromatic N) is 2. The first-order valence-corrected chi connectivity index (χ1v) is 9.85. The number of likely N-dealkylation sites (N-methyl/N-ethyl adjacent to an activating group) is 1. The monoisotopic (exact) mass is 393 g/mol. The second-order valence-corrected chi connectivity index (χ2v) is 6.98. The molecule has 0 spiro atoms. The lowest BCUT2D eigenvalue weighted by Gasteiger charge is -2.33. The first kappa shape index (κ1) is 20.6. The molecule has 0 aliphatic carbocycles. The molecule has 1 fully saturated rings. The van der Waals surface area contributed by atoms with E-state index in [9.17, 15) is 9.59 Å². The van der Waals surface area contributed by atoms with Crippen molar-refractivity contribution in [3.05, 3.63) is 71.4 Å². The molecule has 0 unspecified atom stereocenters. The topological polar surface area (TPSA) is 61.9 Å². The first-order chi connectivity index (χ1) is 14.1. The van der Waals surface area contributed by atoms with Crippen LogP contribution in [0.3, 0.4) is 0 Å². The van der Waals surface area contributed by atoms with Gasteiger partial charge in [-0.3, -0.25) is 9.59 Å². The standard InChI is InChI=1S/C23H27N3O3/c1-3-29-20-11-9-18(10-12-20)17-21(23(28)26-15-13-25(2)14-16-26)24-22(27)19-7-5-4-6-8-19/h4-12,17H,3,13-16H2,1-2H3,(H,24,27). The highest BCUT2D eigenvalue weighted by Crippen LogP contribution is 2.16. The molecule has 2 aromatic carbocycles. The highest BCUT2D eigenvalue weighted by atomic mass is 16.5. The predicted octanol–water partition coefficient (Wildman–Crippen LogP) is 2.63. The van der Waals surface area contributed by atoms with E-state index in [4.69, 9.17) is 4.74 Å². The van der Waals surface area contributed by atoms with Crippen LogP contribution in [0.25, 0.3) is 6.08 Å². The molecule has 6 nitrogen and oxygen atoms in total. The van der Waals surface area contributed by atoms with E-state index in [1.54, 1.807) is 35.2 Å². The Balaban J connectivity index is 1.83. The number of benzene rings is 2. The molecular formula is C23H27N3O3. The minimum Gasteiger partial charge on any atom is -0.494 e. The molecule has 6 heteroatoms. The van der Waals surface area contributed by atoms with Crippen LogP contribution in [0.2, 0.25) is 0 Å². The van der Waals surface area contributed by atoms with Gasteiger partial charge in [0.25, 0.3) is 11.8 Å². The molecule has 1 saturated heterocycles. The number of carbonyl (C=O) groups excluding carboxylic acids is 2. The summed E-state index contributed by atoms with van der Waals surface area (Å²) < 4.78 is 5.47. The van der Waals surface area contributed by atoms with Crippen LogP contribution in [0.1, 0.15) is 22.8 Å². The van der Waals surface area contributed by atoms with Crippen LogP contribution in [-0.4, -0.2) is 61.4 Å². The number of nitrogens with one attached hydrogen (secondary N) is 1. The van der Waals surface area contributed by atoms with E-state index in [1.165, 1.54) is 0 Å². The Hall–Kier alpha value is -3.12. The van der Waals surface area contributed by atoms with Crippen molar-refractivity contribution in [3.8, 4) is 5.75 Å². The molecule has 1 aliphatic heterocycles. The van der Waals surface area contributed by atoms with Crippen molar-refractivity contribution in [1.29, 1.82) is 0 Å². The molecule has 2 aromatic rings. The van der Waals surface area contributed by atoms with E-state index in [0.29, 0.717) is 25.3 Å². The minimum absolute atomic E-state index is 0.170. The zero-order valence-corrected chi connectivity index (χ0v) is 16.9. The van der Waals surface area contributed by atoms with Crippen LogP contribution < -0.4 is 10.1 Å². The van der Waals surface area contributed by atoms with Gasteiger partial charge in [0.05, 0.1) is 6.61 Å². The lowest BCUT2D eigenvalue weighted by atomic mass is 10.1. The van der Waals surface area contributed by atoms with Crippen molar-refractivity contribution < 1.29 is 14.3 Å². The van der Waals surface area contributed by atoms with Gasteiger partial charge in [0.15, 0.2) is 0 Å². The molecule has 0 saturated carbocycles. The smallest absolute Gasteiger partial charge is 0.270 e. The third kappa shape index (κ3) is 5.68. The molecular weight excluding hydrogens is 366 g/mol. The zero-order valence-electron chi connectivity index (χ0n) is 16.9. The fourth-order valence-electron chi connectivity index (χ4n) is 3.11. The van der Waals surface area contributed by atoms with Crippen LogP contribution in [0, 0.1) is 0 Å². The maximum Gasteiger partial charge on any atom is 0.270 e. The second kappa shape index (κ2) is 9.89. The molecule has 29 heavy (non-hydrogen) atoms. The van der Waals surface area contributed by atoms with Gasteiger partial charge in [-0.05, 0) is 49.9 Å². The Morgan fingerprint density at radius 2 is 1.66 bits per heavy atom. The highest BCUT2D eigenvalue weighted by molar-refractivity contribution is 6.05. The van der Waals surface area contributed by atoms with Crippen molar-refractivity contribution in [1.82, 2.24) is 15.1 Å². The summed E-state index contributed by atoms with van der Waals surface area (Å²) in [6.07, 6.45) is 1.72. The van der Waals surface area contributed by atoms with Gasteiger partial charge in [-0.1, -0.05) is 30.3 Å². The summed E-state index contributed by atoms with van der Waals surface area (Å²) in [4.78, 5) is 29.8. The SMILES string of the molecule is CCOc1ccc(C=C(NC(=O)c2ccccc2)C(=O)N2CCN(C)CC2)cc1. The quantitative estimate of drug-likeness (QED) is 0.767. The Bertz CT molecular complexity index is 855. The summed E-state index contributed by atoms with van der Waals surface area (Å²) in [6, 6.07) is 16.4. The maximum absolute atomic E-state index is 13.1. The fraction of sp³-hybridized carbons (Fsp3) is 0.304. The molecule has 1 N–H and O–H groups in total. The van der Waals surface area contributed by atoms with Crippen LogP contribution in [-0.2, 0) is 4.79 Å². The maximum atomic E-state index is 13.1. The van der Waals surface area contributed by atoms with Crippen LogP contribution in [0.4, 0.5) is 0 Å². The summed E-state index contributed by atoms with van der Waals surface area (Å²) in [5.74, 6) is 0.298. The van der Waals surface area contributed by atoms with Gasteiger partial charge in [-0.15, -0.1) is 0 Å².